The maximum atomic E-state index is 11.1. The van der Waals surface area contributed by atoms with E-state index >= 15 is 0 Å². The van der Waals surface area contributed by atoms with Crippen molar-refractivity contribution in [1.82, 2.24) is 0 Å². The van der Waals surface area contributed by atoms with Gasteiger partial charge in [0, 0.05) is 18.5 Å². The molecule has 0 amide bonds. The molecule has 0 radical (unpaired) electrons. The van der Waals surface area contributed by atoms with Gasteiger partial charge in [-0.05, 0) is 6.92 Å². The minimum atomic E-state index is -0.166. The molecule has 0 saturated heterocycles. The molecule has 1 rings (SSSR count). The Balaban J connectivity index is 2.39. The first kappa shape index (κ1) is 8.59. The predicted octanol–water partition coefficient (Wildman–Crippen LogP) is 0.736. The summed E-state index contributed by atoms with van der Waals surface area (Å²) in [6.07, 6.45) is 1.67. The van der Waals surface area contributed by atoms with Gasteiger partial charge in [0.15, 0.2) is 0 Å². The Kier molecular flexibility index (Phi) is 3.42. The summed E-state index contributed by atoms with van der Waals surface area (Å²) in [6.45, 7) is 3.08. The minimum Gasteiger partial charge on any atom is -0.465 e. The Bertz CT molecular complexity index is 170. The molecule has 1 heterocycles. The van der Waals surface area contributed by atoms with Gasteiger partial charge in [-0.15, -0.1) is 11.8 Å². The summed E-state index contributed by atoms with van der Waals surface area (Å²) < 4.78 is 4.83. The fraction of sp³-hybridized carbons (Fsp3) is 0.714. The number of ether oxygens (including phenoxy) is 1. The van der Waals surface area contributed by atoms with Crippen LogP contribution in [0.1, 0.15) is 6.92 Å². The van der Waals surface area contributed by atoms with E-state index in [1.807, 2.05) is 6.92 Å². The van der Waals surface area contributed by atoms with Gasteiger partial charge in [0.05, 0.1) is 6.61 Å². The summed E-state index contributed by atoms with van der Waals surface area (Å²) in [5, 5.41) is -0.163. The fourth-order valence-electron chi connectivity index (χ4n) is 0.799. The zero-order valence-corrected chi connectivity index (χ0v) is 7.26. The number of carbonyl (C=O) groups excluding carboxylic acids is 1. The van der Waals surface area contributed by atoms with Crippen LogP contribution >= 0.6 is 11.8 Å². The van der Waals surface area contributed by atoms with Crippen LogP contribution in [0.2, 0.25) is 0 Å². The van der Waals surface area contributed by atoms with E-state index in [1.54, 1.807) is 18.0 Å². The number of hydrogen-bond donors (Lipinski definition) is 0. The lowest BCUT2D eigenvalue weighted by Gasteiger charge is -2.13. The van der Waals surface area contributed by atoms with Crippen molar-refractivity contribution in [3.8, 4) is 0 Å². The second kappa shape index (κ2) is 4.38. The van der Waals surface area contributed by atoms with Crippen LogP contribution in [0.15, 0.2) is 4.99 Å². The smallest absolute Gasteiger partial charge is 0.324 e. The summed E-state index contributed by atoms with van der Waals surface area (Å²) in [4.78, 5) is 15.1. The van der Waals surface area contributed by atoms with Gasteiger partial charge in [0.25, 0.3) is 0 Å². The second-order valence-corrected chi connectivity index (χ2v) is 3.35. The fourth-order valence-corrected chi connectivity index (χ4v) is 1.64. The quantitative estimate of drug-likeness (QED) is 0.578. The highest BCUT2D eigenvalue weighted by Crippen LogP contribution is 2.13. The van der Waals surface area contributed by atoms with Crippen molar-refractivity contribution in [2.45, 2.75) is 12.2 Å². The molecular weight excluding hydrogens is 162 g/mol. The molecule has 0 N–H and O–H groups in total. The first-order valence-electron chi connectivity index (χ1n) is 3.62. The van der Waals surface area contributed by atoms with Crippen LogP contribution in [0.4, 0.5) is 0 Å². The van der Waals surface area contributed by atoms with Gasteiger partial charge < -0.3 is 4.74 Å². The van der Waals surface area contributed by atoms with E-state index < -0.39 is 0 Å². The summed E-state index contributed by atoms with van der Waals surface area (Å²) in [7, 11) is 0. The molecule has 0 aromatic heterocycles. The minimum absolute atomic E-state index is 0.163. The molecule has 11 heavy (non-hydrogen) atoms. The molecule has 4 heteroatoms. The number of rotatable bonds is 2. The Morgan fingerprint density at radius 2 is 2.73 bits per heavy atom. The lowest BCUT2D eigenvalue weighted by molar-refractivity contribution is -0.141. The third-order valence-corrected chi connectivity index (χ3v) is 2.37. The summed E-state index contributed by atoms with van der Waals surface area (Å²) >= 11 is 1.59. The Morgan fingerprint density at radius 3 is 3.27 bits per heavy atom. The molecule has 62 valence electrons. The third kappa shape index (κ3) is 2.54. The van der Waals surface area contributed by atoms with Crippen LogP contribution in [0.3, 0.4) is 0 Å². The van der Waals surface area contributed by atoms with Crippen LogP contribution < -0.4 is 0 Å². The maximum absolute atomic E-state index is 11.1. The molecule has 0 fully saturated rings. The van der Waals surface area contributed by atoms with Crippen LogP contribution in [-0.4, -0.2) is 36.3 Å². The first-order valence-corrected chi connectivity index (χ1v) is 4.67. The molecule has 0 unspecified atom stereocenters. The van der Waals surface area contributed by atoms with Gasteiger partial charge in [0.2, 0.25) is 0 Å². The largest absolute Gasteiger partial charge is 0.465 e. The molecular formula is C7H11NO2S. The summed E-state index contributed by atoms with van der Waals surface area (Å²) in [5.41, 5.74) is 0. The van der Waals surface area contributed by atoms with Crippen molar-refractivity contribution in [1.29, 1.82) is 0 Å². The average Bonchev–Trinajstić information content (AvgIpc) is 2.07. The number of carbonyl (C=O) groups is 1. The number of aliphatic imine (C=N–C) groups is 1. The van der Waals surface area contributed by atoms with Crippen molar-refractivity contribution >= 4 is 23.9 Å². The number of thioether (sulfide) groups is 1. The van der Waals surface area contributed by atoms with Crippen molar-refractivity contribution in [3.05, 3.63) is 0 Å². The van der Waals surface area contributed by atoms with Gasteiger partial charge >= 0.3 is 5.97 Å². The number of hydrogen-bond acceptors (Lipinski definition) is 4. The molecule has 1 aliphatic rings. The SMILES string of the molecule is CCOC(=O)[C@@H]1C=NCCS1. The third-order valence-electron chi connectivity index (χ3n) is 1.28. The molecule has 1 atom stereocenters. The van der Waals surface area contributed by atoms with E-state index in [4.69, 9.17) is 4.74 Å². The van der Waals surface area contributed by atoms with Gasteiger partial charge in [-0.3, -0.25) is 9.79 Å². The van der Waals surface area contributed by atoms with Crippen molar-refractivity contribution < 1.29 is 9.53 Å². The molecule has 3 nitrogen and oxygen atoms in total. The molecule has 0 spiro atoms. The van der Waals surface area contributed by atoms with E-state index in [0.717, 1.165) is 12.3 Å². The highest BCUT2D eigenvalue weighted by molar-refractivity contribution is 8.01. The molecule has 0 bridgehead atoms. The average molecular weight is 173 g/mol. The highest BCUT2D eigenvalue weighted by Gasteiger charge is 2.19. The first-order chi connectivity index (χ1) is 5.34. The van der Waals surface area contributed by atoms with E-state index in [-0.39, 0.29) is 11.2 Å². The zero-order valence-electron chi connectivity index (χ0n) is 6.45. The Morgan fingerprint density at radius 1 is 1.91 bits per heavy atom. The van der Waals surface area contributed by atoms with Crippen molar-refractivity contribution in [2.24, 2.45) is 4.99 Å². The van der Waals surface area contributed by atoms with E-state index in [1.165, 1.54) is 0 Å². The highest BCUT2D eigenvalue weighted by atomic mass is 32.2. The molecule has 0 aromatic carbocycles. The zero-order chi connectivity index (χ0) is 8.10. The van der Waals surface area contributed by atoms with Gasteiger partial charge in [-0.25, -0.2) is 0 Å². The van der Waals surface area contributed by atoms with Crippen molar-refractivity contribution in [2.75, 3.05) is 18.9 Å². The lowest BCUT2D eigenvalue weighted by atomic mass is 10.4. The Labute approximate surface area is 70.2 Å². The van der Waals surface area contributed by atoms with Crippen LogP contribution in [0.25, 0.3) is 0 Å². The Hall–Kier alpha value is -0.510. The number of nitrogens with zero attached hydrogens (tertiary/aromatic N) is 1. The van der Waals surface area contributed by atoms with E-state index in [9.17, 15) is 4.79 Å². The second-order valence-electron chi connectivity index (χ2n) is 2.10. The molecule has 1 aliphatic heterocycles. The lowest BCUT2D eigenvalue weighted by Crippen LogP contribution is -2.24. The van der Waals surface area contributed by atoms with Crippen LogP contribution in [0, 0.1) is 0 Å². The van der Waals surface area contributed by atoms with Gasteiger partial charge in [-0.1, -0.05) is 0 Å². The van der Waals surface area contributed by atoms with Crippen molar-refractivity contribution in [3.63, 3.8) is 0 Å². The topological polar surface area (TPSA) is 38.7 Å². The summed E-state index contributed by atoms with van der Waals surface area (Å²) in [5.74, 6) is 0.751. The number of esters is 1. The standard InChI is InChI=1S/C7H11NO2S/c1-2-10-7(9)6-5-8-3-4-11-6/h5-6H,2-4H2,1H3/t6-/m0/s1. The van der Waals surface area contributed by atoms with Gasteiger partial charge in [0.1, 0.15) is 5.25 Å². The molecule has 0 aromatic rings. The monoisotopic (exact) mass is 173 g/mol. The maximum Gasteiger partial charge on any atom is 0.324 e. The summed E-state index contributed by atoms with van der Waals surface area (Å²) in [6, 6.07) is 0. The van der Waals surface area contributed by atoms with E-state index in [2.05, 4.69) is 4.99 Å². The van der Waals surface area contributed by atoms with E-state index in [0.29, 0.717) is 6.61 Å². The molecule has 0 aliphatic carbocycles. The van der Waals surface area contributed by atoms with Crippen LogP contribution in [0.5, 0.6) is 0 Å². The predicted molar refractivity (Wildman–Crippen MR) is 46.2 cm³/mol. The van der Waals surface area contributed by atoms with Gasteiger partial charge in [-0.2, -0.15) is 0 Å². The van der Waals surface area contributed by atoms with Crippen LogP contribution in [-0.2, 0) is 9.53 Å². The normalized spacial score (nSPS) is 23.2. The molecule has 0 saturated carbocycles.